The maximum Gasteiger partial charge on any atom is 0.223 e. The van der Waals surface area contributed by atoms with Crippen molar-refractivity contribution in [2.75, 3.05) is 19.6 Å². The van der Waals surface area contributed by atoms with E-state index in [4.69, 9.17) is 0 Å². The number of carbonyl (C=O) groups excluding carboxylic acids is 1. The van der Waals surface area contributed by atoms with Crippen LogP contribution in [0.4, 0.5) is 0 Å². The maximum atomic E-state index is 12.1. The van der Waals surface area contributed by atoms with Crippen LogP contribution in [-0.2, 0) is 4.79 Å². The molecule has 104 valence electrons. The summed E-state index contributed by atoms with van der Waals surface area (Å²) in [6.07, 6.45) is 8.91. The van der Waals surface area contributed by atoms with Crippen molar-refractivity contribution >= 4 is 18.3 Å². The summed E-state index contributed by atoms with van der Waals surface area (Å²) in [4.78, 5) is 12.1. The number of amides is 1. The monoisotopic (exact) mass is 272 g/mol. The number of halogens is 1. The highest BCUT2D eigenvalue weighted by molar-refractivity contribution is 5.85. The van der Waals surface area contributed by atoms with E-state index in [0.29, 0.717) is 17.2 Å². The molecule has 2 saturated carbocycles. The molecule has 4 heteroatoms. The Morgan fingerprint density at radius 2 is 1.89 bits per heavy atom. The molecule has 0 radical (unpaired) electrons. The summed E-state index contributed by atoms with van der Waals surface area (Å²) in [6.45, 7) is 3.14. The number of piperidine rings is 1. The van der Waals surface area contributed by atoms with E-state index in [1.54, 1.807) is 0 Å². The predicted octanol–water partition coefficient (Wildman–Crippen LogP) is 2.10. The van der Waals surface area contributed by atoms with Crippen LogP contribution in [0.25, 0.3) is 0 Å². The van der Waals surface area contributed by atoms with Crippen LogP contribution >= 0.6 is 12.4 Å². The summed E-state index contributed by atoms with van der Waals surface area (Å²) < 4.78 is 0. The number of rotatable bonds is 3. The molecular weight excluding hydrogens is 248 g/mol. The minimum Gasteiger partial charge on any atom is -0.356 e. The smallest absolute Gasteiger partial charge is 0.223 e. The molecule has 3 fully saturated rings. The molecule has 2 N–H and O–H groups in total. The van der Waals surface area contributed by atoms with Crippen LogP contribution in [-0.4, -0.2) is 25.5 Å². The first-order valence-electron chi connectivity index (χ1n) is 7.29. The highest BCUT2D eigenvalue weighted by Crippen LogP contribution is 2.58. The van der Waals surface area contributed by atoms with Gasteiger partial charge in [0.05, 0.1) is 0 Å². The SMILES string of the molecule is Cl.O=C(NCC1CCCC1)C1CC12CCNCC2. The molecule has 0 bridgehead atoms. The third kappa shape index (κ3) is 2.83. The number of carbonyl (C=O) groups is 1. The molecule has 1 aliphatic heterocycles. The van der Waals surface area contributed by atoms with Crippen molar-refractivity contribution in [3.05, 3.63) is 0 Å². The fourth-order valence-electron chi connectivity index (χ4n) is 3.78. The van der Waals surface area contributed by atoms with Crippen LogP contribution < -0.4 is 10.6 Å². The molecule has 0 aromatic heterocycles. The Bertz CT molecular complexity index is 296. The molecule has 1 heterocycles. The molecule has 0 aromatic rings. The van der Waals surface area contributed by atoms with Gasteiger partial charge in [0.15, 0.2) is 0 Å². The van der Waals surface area contributed by atoms with E-state index in [-0.39, 0.29) is 12.4 Å². The van der Waals surface area contributed by atoms with Gasteiger partial charge >= 0.3 is 0 Å². The zero-order valence-electron chi connectivity index (χ0n) is 11.0. The molecule has 3 nitrogen and oxygen atoms in total. The molecule has 1 unspecified atom stereocenters. The van der Waals surface area contributed by atoms with Gasteiger partial charge in [-0.1, -0.05) is 12.8 Å². The lowest BCUT2D eigenvalue weighted by molar-refractivity contribution is -0.123. The van der Waals surface area contributed by atoms with Gasteiger partial charge in [0.25, 0.3) is 0 Å². The van der Waals surface area contributed by atoms with Gasteiger partial charge in [0.1, 0.15) is 0 Å². The van der Waals surface area contributed by atoms with E-state index in [2.05, 4.69) is 10.6 Å². The van der Waals surface area contributed by atoms with Crippen molar-refractivity contribution in [2.45, 2.75) is 44.9 Å². The topological polar surface area (TPSA) is 41.1 Å². The summed E-state index contributed by atoms with van der Waals surface area (Å²) in [5.74, 6) is 1.45. The molecular formula is C14H25ClN2O. The molecule has 1 saturated heterocycles. The molecule has 2 aliphatic carbocycles. The molecule has 18 heavy (non-hydrogen) atoms. The Kier molecular flexibility index (Phi) is 4.54. The van der Waals surface area contributed by atoms with E-state index in [1.807, 2.05) is 0 Å². The minimum absolute atomic E-state index is 0. The third-order valence-electron chi connectivity index (χ3n) is 5.15. The second kappa shape index (κ2) is 5.79. The van der Waals surface area contributed by atoms with E-state index >= 15 is 0 Å². The van der Waals surface area contributed by atoms with E-state index in [9.17, 15) is 4.79 Å². The third-order valence-corrected chi connectivity index (χ3v) is 5.15. The lowest BCUT2D eigenvalue weighted by atomic mass is 9.91. The van der Waals surface area contributed by atoms with Crippen molar-refractivity contribution in [3.63, 3.8) is 0 Å². The Morgan fingerprint density at radius 3 is 2.56 bits per heavy atom. The minimum atomic E-state index is 0. The van der Waals surface area contributed by atoms with Gasteiger partial charge in [-0.3, -0.25) is 4.79 Å². The number of hydrogen-bond donors (Lipinski definition) is 2. The number of nitrogens with one attached hydrogen (secondary N) is 2. The molecule has 3 aliphatic rings. The van der Waals surface area contributed by atoms with Gasteiger partial charge < -0.3 is 10.6 Å². The zero-order chi connectivity index (χ0) is 11.7. The van der Waals surface area contributed by atoms with Gasteiger partial charge in [-0.15, -0.1) is 12.4 Å². The van der Waals surface area contributed by atoms with Gasteiger partial charge in [-0.05, 0) is 56.5 Å². The highest BCUT2D eigenvalue weighted by Gasteiger charge is 2.57. The number of hydrogen-bond acceptors (Lipinski definition) is 2. The lowest BCUT2D eigenvalue weighted by Gasteiger charge is -2.23. The summed E-state index contributed by atoms with van der Waals surface area (Å²) >= 11 is 0. The van der Waals surface area contributed by atoms with Gasteiger partial charge in [-0.25, -0.2) is 0 Å². The first-order valence-corrected chi connectivity index (χ1v) is 7.29. The normalized spacial score (nSPS) is 29.9. The standard InChI is InChI=1S/C14H24N2O.ClH/c17-13(16-10-11-3-1-2-4-11)12-9-14(12)5-7-15-8-6-14;/h11-12,15H,1-10H2,(H,16,17);1H. The molecule has 1 spiro atoms. The zero-order valence-corrected chi connectivity index (χ0v) is 11.9. The molecule has 3 rings (SSSR count). The van der Waals surface area contributed by atoms with Gasteiger partial charge in [0, 0.05) is 12.5 Å². The van der Waals surface area contributed by atoms with Gasteiger partial charge in [0.2, 0.25) is 5.91 Å². The fraction of sp³-hybridized carbons (Fsp3) is 0.929. The lowest BCUT2D eigenvalue weighted by Crippen LogP contribution is -2.35. The van der Waals surface area contributed by atoms with Crippen molar-refractivity contribution in [2.24, 2.45) is 17.3 Å². The van der Waals surface area contributed by atoms with Crippen molar-refractivity contribution < 1.29 is 4.79 Å². The Morgan fingerprint density at radius 1 is 1.22 bits per heavy atom. The molecule has 1 amide bonds. The predicted molar refractivity (Wildman–Crippen MR) is 74.9 cm³/mol. The van der Waals surface area contributed by atoms with E-state index in [0.717, 1.165) is 32.0 Å². The van der Waals surface area contributed by atoms with E-state index < -0.39 is 0 Å². The van der Waals surface area contributed by atoms with Crippen molar-refractivity contribution in [1.29, 1.82) is 0 Å². The first-order chi connectivity index (χ1) is 8.30. The molecule has 0 aromatic carbocycles. The van der Waals surface area contributed by atoms with Crippen LogP contribution in [0.15, 0.2) is 0 Å². The van der Waals surface area contributed by atoms with Crippen molar-refractivity contribution in [3.8, 4) is 0 Å². The Labute approximate surface area is 116 Å². The average molecular weight is 273 g/mol. The average Bonchev–Trinajstić information content (AvgIpc) is 2.82. The van der Waals surface area contributed by atoms with Crippen LogP contribution in [0, 0.1) is 17.3 Å². The Balaban J connectivity index is 0.00000120. The van der Waals surface area contributed by atoms with Gasteiger partial charge in [-0.2, -0.15) is 0 Å². The highest BCUT2D eigenvalue weighted by atomic mass is 35.5. The largest absolute Gasteiger partial charge is 0.356 e. The summed E-state index contributed by atoms with van der Waals surface area (Å²) in [7, 11) is 0. The quantitative estimate of drug-likeness (QED) is 0.826. The second-order valence-electron chi connectivity index (χ2n) is 6.26. The maximum absolute atomic E-state index is 12.1. The first kappa shape index (κ1) is 14.1. The van der Waals surface area contributed by atoms with Crippen LogP contribution in [0.2, 0.25) is 0 Å². The van der Waals surface area contributed by atoms with Crippen LogP contribution in [0.5, 0.6) is 0 Å². The second-order valence-corrected chi connectivity index (χ2v) is 6.26. The van der Waals surface area contributed by atoms with Crippen LogP contribution in [0.1, 0.15) is 44.9 Å². The van der Waals surface area contributed by atoms with E-state index in [1.165, 1.54) is 38.5 Å². The van der Waals surface area contributed by atoms with Crippen molar-refractivity contribution in [1.82, 2.24) is 10.6 Å². The summed E-state index contributed by atoms with van der Waals surface area (Å²) in [6, 6.07) is 0. The van der Waals surface area contributed by atoms with Crippen LogP contribution in [0.3, 0.4) is 0 Å². The summed E-state index contributed by atoms with van der Waals surface area (Å²) in [5.41, 5.74) is 0.394. The summed E-state index contributed by atoms with van der Waals surface area (Å²) in [5, 5.41) is 6.58. The Hall–Kier alpha value is -0.280. The fourth-order valence-corrected chi connectivity index (χ4v) is 3.78. The molecule has 1 atom stereocenters.